The van der Waals surface area contributed by atoms with Gasteiger partial charge in [-0.1, -0.05) is 26.2 Å². The summed E-state index contributed by atoms with van der Waals surface area (Å²) in [6, 6.07) is 0. The molecule has 6 heteroatoms. The van der Waals surface area contributed by atoms with Crippen LogP contribution in [-0.2, 0) is 10.1 Å². The summed E-state index contributed by atoms with van der Waals surface area (Å²) in [5, 5.41) is 9.25. The van der Waals surface area contributed by atoms with Crippen molar-refractivity contribution in [3.63, 3.8) is 0 Å². The molecule has 0 bridgehead atoms. The van der Waals surface area contributed by atoms with Crippen LogP contribution in [0, 0.1) is 0 Å². The van der Waals surface area contributed by atoms with E-state index < -0.39 is 15.1 Å². The van der Waals surface area contributed by atoms with Gasteiger partial charge in [-0.25, -0.2) is 8.42 Å². The third kappa shape index (κ3) is 6.89. The third-order valence-corrected chi connectivity index (χ3v) is 3.31. The monoisotopic (exact) mass is 248 g/mol. The Labute approximate surface area is 129 Å². The second kappa shape index (κ2) is 7.73. The smallest absolute Gasteiger partial charge is 0.746 e. The molecule has 0 amide bonds. The Hall–Kier alpha value is 1.51. The van der Waals surface area contributed by atoms with Gasteiger partial charge in [0.05, 0.1) is 0 Å². The molecule has 0 rings (SSSR count). The molecule has 0 fully saturated rings. The third-order valence-electron chi connectivity index (χ3n) is 2.03. The minimum atomic E-state index is -4.58. The fourth-order valence-electron chi connectivity index (χ4n) is 1.00. The van der Waals surface area contributed by atoms with Gasteiger partial charge in [-0.15, -0.1) is 0 Å². The van der Waals surface area contributed by atoms with Crippen molar-refractivity contribution in [3.8, 4) is 0 Å². The van der Waals surface area contributed by atoms with E-state index in [0.29, 0.717) is 6.42 Å². The Morgan fingerprint density at radius 2 is 1.79 bits per heavy atom. The molecular formula is C8H17KO4S. The first-order chi connectivity index (χ1) is 5.81. The summed E-state index contributed by atoms with van der Waals surface area (Å²) in [6.07, 6.45) is 3.48. The summed E-state index contributed by atoms with van der Waals surface area (Å²) in [6.45, 7) is 3.09. The zero-order valence-corrected chi connectivity index (χ0v) is 13.1. The molecule has 0 saturated heterocycles. The zero-order valence-electron chi connectivity index (χ0n) is 9.12. The quantitative estimate of drug-likeness (QED) is 0.342. The van der Waals surface area contributed by atoms with Gasteiger partial charge in [0, 0.05) is 0 Å². The van der Waals surface area contributed by atoms with Crippen LogP contribution >= 0.6 is 0 Å². The molecule has 80 valence electrons. The largest absolute Gasteiger partial charge is 1.00 e. The van der Waals surface area contributed by atoms with Crippen molar-refractivity contribution in [2.75, 3.05) is 0 Å². The van der Waals surface area contributed by atoms with E-state index in [1.807, 2.05) is 6.92 Å². The molecule has 1 atom stereocenters. The van der Waals surface area contributed by atoms with Crippen molar-refractivity contribution in [1.29, 1.82) is 0 Å². The van der Waals surface area contributed by atoms with E-state index in [1.54, 1.807) is 0 Å². The molecule has 0 spiro atoms. The van der Waals surface area contributed by atoms with Gasteiger partial charge < -0.3 is 9.66 Å². The van der Waals surface area contributed by atoms with Gasteiger partial charge in [0.15, 0.2) is 4.93 Å². The van der Waals surface area contributed by atoms with Gasteiger partial charge in [-0.05, 0) is 19.8 Å². The summed E-state index contributed by atoms with van der Waals surface area (Å²) in [5.74, 6) is 0. The first kappa shape index (κ1) is 17.9. The van der Waals surface area contributed by atoms with E-state index in [2.05, 4.69) is 0 Å². The summed E-state index contributed by atoms with van der Waals surface area (Å²) < 4.78 is 31.5. The fraction of sp³-hybridized carbons (Fsp3) is 1.00. The van der Waals surface area contributed by atoms with Crippen LogP contribution in [0.25, 0.3) is 0 Å². The molecule has 0 aromatic rings. The zero-order chi connectivity index (χ0) is 10.5. The van der Waals surface area contributed by atoms with Gasteiger partial charge >= 0.3 is 51.4 Å². The van der Waals surface area contributed by atoms with Crippen molar-refractivity contribution in [3.05, 3.63) is 0 Å². The molecule has 1 unspecified atom stereocenters. The van der Waals surface area contributed by atoms with Crippen molar-refractivity contribution in [2.24, 2.45) is 0 Å². The van der Waals surface area contributed by atoms with Gasteiger partial charge in [0.1, 0.15) is 10.1 Å². The van der Waals surface area contributed by atoms with Crippen LogP contribution in [0.15, 0.2) is 0 Å². The Kier molecular flexibility index (Phi) is 9.87. The maximum absolute atomic E-state index is 10.5. The van der Waals surface area contributed by atoms with Gasteiger partial charge in [0.2, 0.25) is 0 Å². The van der Waals surface area contributed by atoms with Crippen molar-refractivity contribution < 1.29 is 69.5 Å². The second-order valence-electron chi connectivity index (χ2n) is 3.44. The average Bonchev–Trinajstić information content (AvgIpc) is 1.96. The van der Waals surface area contributed by atoms with E-state index in [-0.39, 0.29) is 57.8 Å². The number of unbranched alkanes of at least 4 members (excludes halogenated alkanes) is 3. The topological polar surface area (TPSA) is 77.4 Å². The average molecular weight is 248 g/mol. The summed E-state index contributed by atoms with van der Waals surface area (Å²) in [7, 11) is -4.58. The van der Waals surface area contributed by atoms with Crippen LogP contribution in [0.3, 0.4) is 0 Å². The Morgan fingerprint density at radius 3 is 2.14 bits per heavy atom. The van der Waals surface area contributed by atoms with Crippen LogP contribution in [0.2, 0.25) is 0 Å². The number of hydrogen-bond donors (Lipinski definition) is 1. The van der Waals surface area contributed by atoms with E-state index in [4.69, 9.17) is 0 Å². The summed E-state index contributed by atoms with van der Waals surface area (Å²) in [5.41, 5.74) is 0. The van der Waals surface area contributed by atoms with Crippen LogP contribution < -0.4 is 51.4 Å². The number of rotatable bonds is 6. The van der Waals surface area contributed by atoms with E-state index in [1.165, 1.54) is 0 Å². The molecule has 0 aliphatic rings. The van der Waals surface area contributed by atoms with Crippen LogP contribution in [-0.4, -0.2) is 23.0 Å². The predicted octanol–water partition coefficient (Wildman–Crippen LogP) is -1.79. The molecule has 4 nitrogen and oxygen atoms in total. The number of aliphatic hydroxyl groups is 1. The SMILES string of the molecule is CCCCCCC(C)(O)S(=O)(=O)[O-].[K+]. The second-order valence-corrected chi connectivity index (χ2v) is 5.23. The van der Waals surface area contributed by atoms with E-state index in [9.17, 15) is 18.1 Å². The number of hydrogen-bond acceptors (Lipinski definition) is 4. The molecule has 0 aliphatic carbocycles. The standard InChI is InChI=1S/C8H18O4S.K/c1-3-4-5-6-7-8(2,9)13(10,11)12;/h9H,3-7H2,1-2H3,(H,10,11,12);/q;+1/p-1. The molecular weight excluding hydrogens is 231 g/mol. The Morgan fingerprint density at radius 1 is 1.29 bits per heavy atom. The minimum absolute atomic E-state index is 0. The first-order valence-corrected chi connectivity index (χ1v) is 5.90. The molecule has 14 heavy (non-hydrogen) atoms. The Balaban J connectivity index is 0. The summed E-state index contributed by atoms with van der Waals surface area (Å²) in [4.78, 5) is -2.10. The van der Waals surface area contributed by atoms with Crippen LogP contribution in [0.4, 0.5) is 0 Å². The van der Waals surface area contributed by atoms with Crippen LogP contribution in [0.1, 0.15) is 46.0 Å². The maximum Gasteiger partial charge on any atom is 1.00 e. The van der Waals surface area contributed by atoms with Crippen molar-refractivity contribution in [2.45, 2.75) is 50.9 Å². The maximum atomic E-state index is 10.5. The molecule has 1 N–H and O–H groups in total. The van der Waals surface area contributed by atoms with Gasteiger partial charge in [-0.2, -0.15) is 0 Å². The summed E-state index contributed by atoms with van der Waals surface area (Å²) >= 11 is 0. The fourth-order valence-corrected chi connectivity index (χ4v) is 1.40. The first-order valence-electron chi connectivity index (χ1n) is 4.49. The van der Waals surface area contributed by atoms with Crippen molar-refractivity contribution >= 4 is 10.1 Å². The molecule has 0 heterocycles. The van der Waals surface area contributed by atoms with E-state index in [0.717, 1.165) is 26.2 Å². The molecule has 0 saturated carbocycles. The molecule has 0 radical (unpaired) electrons. The normalized spacial score (nSPS) is 15.7. The van der Waals surface area contributed by atoms with Crippen molar-refractivity contribution in [1.82, 2.24) is 0 Å². The van der Waals surface area contributed by atoms with Gasteiger partial charge in [0.25, 0.3) is 0 Å². The molecule has 0 aliphatic heterocycles. The Bertz CT molecular complexity index is 236. The molecule has 0 aromatic carbocycles. The predicted molar refractivity (Wildman–Crippen MR) is 49.1 cm³/mol. The minimum Gasteiger partial charge on any atom is -0.746 e. The van der Waals surface area contributed by atoms with Gasteiger partial charge in [-0.3, -0.25) is 0 Å². The molecule has 0 aromatic heterocycles. The van der Waals surface area contributed by atoms with E-state index >= 15 is 0 Å². The van der Waals surface area contributed by atoms with Crippen LogP contribution in [0.5, 0.6) is 0 Å².